The number of nitriles is 2. The first kappa shape index (κ1) is 17.3. The molecule has 0 radical (unpaired) electrons. The predicted octanol–water partition coefficient (Wildman–Crippen LogP) is 3.66. The van der Waals surface area contributed by atoms with Gasteiger partial charge in [-0.3, -0.25) is 4.79 Å². The van der Waals surface area contributed by atoms with Gasteiger partial charge in [0.1, 0.15) is 11.3 Å². The quantitative estimate of drug-likeness (QED) is 0.729. The molecule has 0 aliphatic carbocycles. The summed E-state index contributed by atoms with van der Waals surface area (Å²) in [7, 11) is 0. The van der Waals surface area contributed by atoms with E-state index in [-0.39, 0.29) is 18.7 Å². The van der Waals surface area contributed by atoms with Gasteiger partial charge in [0.2, 0.25) is 5.91 Å². The molecular formula is C19H19N3O2. The number of rotatable bonds is 7. The van der Waals surface area contributed by atoms with Gasteiger partial charge in [0.15, 0.2) is 0 Å². The van der Waals surface area contributed by atoms with Crippen molar-refractivity contribution in [1.29, 1.82) is 10.5 Å². The Hall–Kier alpha value is -3.05. The van der Waals surface area contributed by atoms with Gasteiger partial charge < -0.3 is 9.32 Å². The van der Waals surface area contributed by atoms with Gasteiger partial charge in [-0.25, -0.2) is 0 Å². The standard InChI is InChI=1S/C19H19N3O2/c1-2-17-16(15-7-3-4-8-18(15)24-17)9-10-19(23)22(13-5-11-20)14-6-12-21/h3-4,7-10H,2,5-6,13-14H2,1H3/b10-9+. The Balaban J connectivity index is 2.23. The minimum absolute atomic E-state index is 0.201. The van der Waals surface area contributed by atoms with Crippen molar-refractivity contribution in [3.05, 3.63) is 41.7 Å². The van der Waals surface area contributed by atoms with Crippen LogP contribution in [0, 0.1) is 22.7 Å². The Labute approximate surface area is 141 Å². The lowest BCUT2D eigenvalue weighted by Crippen LogP contribution is -2.31. The van der Waals surface area contributed by atoms with Crippen molar-refractivity contribution in [1.82, 2.24) is 4.90 Å². The number of para-hydroxylation sites is 1. The fourth-order valence-electron chi connectivity index (χ4n) is 2.52. The Morgan fingerprint density at radius 3 is 2.50 bits per heavy atom. The molecule has 1 amide bonds. The molecule has 0 saturated heterocycles. The number of hydrogen-bond donors (Lipinski definition) is 0. The molecule has 0 aliphatic heterocycles. The fourth-order valence-corrected chi connectivity index (χ4v) is 2.52. The van der Waals surface area contributed by atoms with E-state index in [1.54, 1.807) is 6.08 Å². The van der Waals surface area contributed by atoms with Crippen molar-refractivity contribution in [2.75, 3.05) is 13.1 Å². The third kappa shape index (κ3) is 4.02. The molecule has 5 nitrogen and oxygen atoms in total. The van der Waals surface area contributed by atoms with E-state index in [0.717, 1.165) is 28.7 Å². The van der Waals surface area contributed by atoms with Crippen LogP contribution >= 0.6 is 0 Å². The van der Waals surface area contributed by atoms with Crippen LogP contribution in [0.4, 0.5) is 0 Å². The van der Waals surface area contributed by atoms with E-state index < -0.39 is 0 Å². The maximum atomic E-state index is 12.4. The highest BCUT2D eigenvalue weighted by atomic mass is 16.3. The molecule has 0 saturated carbocycles. The van der Waals surface area contributed by atoms with Crippen molar-refractivity contribution >= 4 is 23.0 Å². The van der Waals surface area contributed by atoms with E-state index in [0.29, 0.717) is 13.1 Å². The SMILES string of the molecule is CCc1oc2ccccc2c1/C=C/C(=O)N(CCC#N)CCC#N. The van der Waals surface area contributed by atoms with Crippen molar-refractivity contribution in [2.24, 2.45) is 0 Å². The molecule has 1 aromatic carbocycles. The van der Waals surface area contributed by atoms with Crippen LogP contribution < -0.4 is 0 Å². The molecule has 24 heavy (non-hydrogen) atoms. The summed E-state index contributed by atoms with van der Waals surface area (Å²) in [6.07, 6.45) is 4.48. The molecule has 0 atom stereocenters. The third-order valence-corrected chi connectivity index (χ3v) is 3.72. The lowest BCUT2D eigenvalue weighted by Gasteiger charge is -2.18. The summed E-state index contributed by atoms with van der Waals surface area (Å²) in [5, 5.41) is 18.4. The minimum Gasteiger partial charge on any atom is -0.460 e. The zero-order chi connectivity index (χ0) is 17.4. The lowest BCUT2D eigenvalue weighted by molar-refractivity contribution is -0.125. The van der Waals surface area contributed by atoms with Crippen LogP contribution in [0.2, 0.25) is 0 Å². The van der Waals surface area contributed by atoms with Gasteiger partial charge in [-0.15, -0.1) is 0 Å². The highest BCUT2D eigenvalue weighted by Crippen LogP contribution is 2.27. The average Bonchev–Trinajstić information content (AvgIpc) is 2.97. The summed E-state index contributed by atoms with van der Waals surface area (Å²) in [5.41, 5.74) is 1.70. The molecule has 122 valence electrons. The zero-order valence-corrected chi connectivity index (χ0v) is 13.7. The zero-order valence-electron chi connectivity index (χ0n) is 13.7. The van der Waals surface area contributed by atoms with Crippen LogP contribution in [-0.2, 0) is 11.2 Å². The summed E-state index contributed by atoms with van der Waals surface area (Å²) in [5.74, 6) is 0.633. The van der Waals surface area contributed by atoms with Crippen molar-refractivity contribution in [3.8, 4) is 12.1 Å². The first-order chi connectivity index (χ1) is 11.7. The first-order valence-corrected chi connectivity index (χ1v) is 7.92. The number of hydrogen-bond acceptors (Lipinski definition) is 4. The predicted molar refractivity (Wildman–Crippen MR) is 91.7 cm³/mol. The first-order valence-electron chi connectivity index (χ1n) is 7.92. The number of carbonyl (C=O) groups is 1. The van der Waals surface area contributed by atoms with E-state index in [2.05, 4.69) is 0 Å². The number of furan rings is 1. The van der Waals surface area contributed by atoms with Gasteiger partial charge in [-0.1, -0.05) is 25.1 Å². The van der Waals surface area contributed by atoms with Crippen molar-refractivity contribution in [3.63, 3.8) is 0 Å². The second-order valence-corrected chi connectivity index (χ2v) is 5.26. The molecule has 0 bridgehead atoms. The van der Waals surface area contributed by atoms with Gasteiger partial charge >= 0.3 is 0 Å². The van der Waals surface area contributed by atoms with Crippen molar-refractivity contribution < 1.29 is 9.21 Å². The largest absolute Gasteiger partial charge is 0.460 e. The van der Waals surface area contributed by atoms with E-state index in [4.69, 9.17) is 14.9 Å². The lowest BCUT2D eigenvalue weighted by atomic mass is 10.1. The van der Waals surface area contributed by atoms with E-state index in [1.807, 2.05) is 43.3 Å². The van der Waals surface area contributed by atoms with E-state index in [9.17, 15) is 4.79 Å². The maximum absolute atomic E-state index is 12.4. The number of carbonyl (C=O) groups excluding carboxylic acids is 1. The fraction of sp³-hybridized carbons (Fsp3) is 0.316. The normalized spacial score (nSPS) is 10.6. The monoisotopic (exact) mass is 321 g/mol. The Kier molecular flexibility index (Phi) is 6.16. The molecule has 1 aromatic heterocycles. The summed E-state index contributed by atoms with van der Waals surface area (Å²) < 4.78 is 5.81. The summed E-state index contributed by atoms with van der Waals surface area (Å²) in [4.78, 5) is 13.9. The molecule has 1 heterocycles. The molecular weight excluding hydrogens is 302 g/mol. The number of benzene rings is 1. The topological polar surface area (TPSA) is 81.0 Å². The summed E-state index contributed by atoms with van der Waals surface area (Å²) in [6, 6.07) is 11.8. The van der Waals surface area contributed by atoms with Gasteiger partial charge in [0.05, 0.1) is 25.0 Å². The molecule has 0 aliphatic rings. The third-order valence-electron chi connectivity index (χ3n) is 3.72. The van der Waals surface area contributed by atoms with Crippen molar-refractivity contribution in [2.45, 2.75) is 26.2 Å². The second kappa shape index (κ2) is 8.55. The van der Waals surface area contributed by atoms with Crippen LogP contribution in [-0.4, -0.2) is 23.9 Å². The summed E-state index contributed by atoms with van der Waals surface area (Å²) >= 11 is 0. The molecule has 0 N–H and O–H groups in total. The highest BCUT2D eigenvalue weighted by Gasteiger charge is 2.13. The second-order valence-electron chi connectivity index (χ2n) is 5.26. The Morgan fingerprint density at radius 1 is 1.21 bits per heavy atom. The smallest absolute Gasteiger partial charge is 0.246 e. The maximum Gasteiger partial charge on any atom is 0.246 e. The molecule has 2 aromatic rings. The van der Waals surface area contributed by atoms with Crippen LogP contribution in [0.25, 0.3) is 17.0 Å². The minimum atomic E-state index is -0.201. The molecule has 0 unspecified atom stereocenters. The molecule has 0 fully saturated rings. The van der Waals surface area contributed by atoms with Crippen LogP contribution in [0.15, 0.2) is 34.8 Å². The number of nitrogens with zero attached hydrogens (tertiary/aromatic N) is 3. The van der Waals surface area contributed by atoms with Crippen LogP contribution in [0.3, 0.4) is 0 Å². The van der Waals surface area contributed by atoms with Crippen LogP contribution in [0.5, 0.6) is 0 Å². The van der Waals surface area contributed by atoms with Gasteiger partial charge in [0, 0.05) is 36.5 Å². The number of amides is 1. The Morgan fingerprint density at radius 2 is 1.88 bits per heavy atom. The molecule has 0 spiro atoms. The number of fused-ring (bicyclic) bond motifs is 1. The van der Waals surface area contributed by atoms with E-state index in [1.165, 1.54) is 11.0 Å². The Bertz CT molecular complexity index is 803. The van der Waals surface area contributed by atoms with Gasteiger partial charge in [-0.2, -0.15) is 10.5 Å². The molecule has 5 heteroatoms. The van der Waals surface area contributed by atoms with Crippen LogP contribution in [0.1, 0.15) is 31.1 Å². The molecule has 2 rings (SSSR count). The van der Waals surface area contributed by atoms with Gasteiger partial charge in [-0.05, 0) is 12.1 Å². The highest BCUT2D eigenvalue weighted by molar-refractivity contribution is 5.96. The number of aryl methyl sites for hydroxylation is 1. The van der Waals surface area contributed by atoms with E-state index >= 15 is 0 Å². The van der Waals surface area contributed by atoms with Gasteiger partial charge in [0.25, 0.3) is 0 Å². The summed E-state index contributed by atoms with van der Waals surface area (Å²) in [6.45, 7) is 2.66. The average molecular weight is 321 g/mol.